The van der Waals surface area contributed by atoms with Crippen LogP contribution in [0.3, 0.4) is 0 Å². The van der Waals surface area contributed by atoms with Crippen molar-refractivity contribution in [1.82, 2.24) is 0 Å². The van der Waals surface area contributed by atoms with Crippen LogP contribution in [0.2, 0.25) is 5.02 Å². The summed E-state index contributed by atoms with van der Waals surface area (Å²) >= 11 is 5.88. The highest BCUT2D eigenvalue weighted by molar-refractivity contribution is 6.32. The minimum atomic E-state index is -4.95. The number of benzene rings is 1. The van der Waals surface area contributed by atoms with Crippen molar-refractivity contribution in [2.75, 3.05) is 4.90 Å². The molecule has 1 aromatic rings. The molecule has 0 spiro atoms. The first kappa shape index (κ1) is 21.9. The van der Waals surface area contributed by atoms with Crippen molar-refractivity contribution in [1.29, 1.82) is 0 Å². The molecule has 0 radical (unpaired) electrons. The van der Waals surface area contributed by atoms with Gasteiger partial charge in [0.05, 0.1) is 5.02 Å². The second kappa shape index (κ2) is 8.31. The Bertz CT molecular complexity index is 799. The van der Waals surface area contributed by atoms with Crippen LogP contribution in [0.25, 0.3) is 0 Å². The summed E-state index contributed by atoms with van der Waals surface area (Å²) in [6.07, 6.45) is 4.05. The smallest absolute Gasteiger partial charge is 0.479 e. The Balaban J connectivity index is 2.53. The Hall–Kier alpha value is -2.40. The maximum Gasteiger partial charge on any atom is 0.573 e. The summed E-state index contributed by atoms with van der Waals surface area (Å²) in [4.78, 5) is 25.7. The van der Waals surface area contributed by atoms with Crippen LogP contribution < -0.4 is 9.64 Å². The Morgan fingerprint density at radius 3 is 2.36 bits per heavy atom. The van der Waals surface area contributed by atoms with Gasteiger partial charge < -0.3 is 9.84 Å². The Morgan fingerprint density at radius 2 is 1.89 bits per heavy atom. The summed E-state index contributed by atoms with van der Waals surface area (Å²) < 4.78 is 41.2. The van der Waals surface area contributed by atoms with E-state index in [9.17, 15) is 27.9 Å². The van der Waals surface area contributed by atoms with Crippen LogP contribution in [0.15, 0.2) is 18.2 Å². The highest BCUT2D eigenvalue weighted by atomic mass is 35.5. The molecule has 0 aromatic heterocycles. The summed E-state index contributed by atoms with van der Waals surface area (Å²) in [6.45, 7) is 1.40. The lowest BCUT2D eigenvalue weighted by Crippen LogP contribution is -2.60. The van der Waals surface area contributed by atoms with Crippen molar-refractivity contribution < 1.29 is 32.6 Å². The third-order valence-corrected chi connectivity index (χ3v) is 5.32. The van der Waals surface area contributed by atoms with E-state index in [4.69, 9.17) is 18.0 Å². The van der Waals surface area contributed by atoms with Gasteiger partial charge in [0.1, 0.15) is 11.3 Å². The van der Waals surface area contributed by atoms with Gasteiger partial charge in [-0.05, 0) is 49.8 Å². The number of hydrogen-bond acceptors (Lipinski definition) is 3. The number of halogens is 4. The lowest BCUT2D eigenvalue weighted by molar-refractivity contribution is -0.274. The number of terminal acetylenes is 1. The largest absolute Gasteiger partial charge is 0.573 e. The Morgan fingerprint density at radius 1 is 1.29 bits per heavy atom. The first-order valence-corrected chi connectivity index (χ1v) is 8.98. The van der Waals surface area contributed by atoms with Gasteiger partial charge in [-0.25, -0.2) is 4.79 Å². The summed E-state index contributed by atoms with van der Waals surface area (Å²) in [6, 6.07) is 3.10. The number of carboxylic acid groups (broad SMARTS) is 1. The molecule has 5 nitrogen and oxygen atoms in total. The Kier molecular flexibility index (Phi) is 6.50. The van der Waals surface area contributed by atoms with Crippen LogP contribution in [0, 0.1) is 18.3 Å². The Labute approximate surface area is 165 Å². The number of anilines is 1. The highest BCUT2D eigenvalue weighted by Crippen LogP contribution is 2.41. The molecule has 9 heteroatoms. The van der Waals surface area contributed by atoms with E-state index in [2.05, 4.69) is 4.74 Å². The fourth-order valence-electron chi connectivity index (χ4n) is 3.61. The maximum absolute atomic E-state index is 12.5. The topological polar surface area (TPSA) is 66.8 Å². The second-order valence-electron chi connectivity index (χ2n) is 6.74. The molecule has 0 saturated heterocycles. The number of amides is 1. The third kappa shape index (κ3) is 4.53. The van der Waals surface area contributed by atoms with Gasteiger partial charge >= 0.3 is 18.2 Å². The van der Waals surface area contributed by atoms with E-state index >= 15 is 0 Å². The normalized spacial score (nSPS) is 17.3. The number of ether oxygens (including phenoxy) is 1. The van der Waals surface area contributed by atoms with E-state index in [0.717, 1.165) is 42.4 Å². The lowest BCUT2D eigenvalue weighted by Gasteiger charge is -2.44. The summed E-state index contributed by atoms with van der Waals surface area (Å²) in [5.41, 5.74) is -1.70. The molecule has 0 aliphatic heterocycles. The van der Waals surface area contributed by atoms with Crippen LogP contribution in [0.1, 0.15) is 39.0 Å². The predicted molar refractivity (Wildman–Crippen MR) is 97.1 cm³/mol. The van der Waals surface area contributed by atoms with Gasteiger partial charge in [-0.15, -0.1) is 19.6 Å². The number of carbonyl (C=O) groups excluding carboxylic acids is 1. The minimum absolute atomic E-state index is 0.0158. The van der Waals surface area contributed by atoms with Gasteiger partial charge in [0, 0.05) is 5.69 Å². The van der Waals surface area contributed by atoms with Crippen LogP contribution >= 0.6 is 11.6 Å². The van der Waals surface area contributed by atoms with Gasteiger partial charge in [0.15, 0.2) is 0 Å². The van der Waals surface area contributed by atoms with Gasteiger partial charge in [-0.1, -0.05) is 30.9 Å². The van der Waals surface area contributed by atoms with Gasteiger partial charge in [-0.2, -0.15) is 0 Å². The zero-order valence-corrected chi connectivity index (χ0v) is 15.8. The predicted octanol–water partition coefficient (Wildman–Crippen LogP) is 4.63. The van der Waals surface area contributed by atoms with Crippen molar-refractivity contribution in [3.63, 3.8) is 0 Å². The van der Waals surface area contributed by atoms with E-state index < -0.39 is 34.5 Å². The van der Waals surface area contributed by atoms with Crippen molar-refractivity contribution in [3.05, 3.63) is 23.2 Å². The first-order chi connectivity index (χ1) is 13.0. The molecule has 152 valence electrons. The molecule has 0 bridgehead atoms. The standard InChI is InChI=1S/C19H19ClF3NO4/c1-3-16(25)24(18(2,17(26)27)12-7-5-4-6-8-12)13-9-10-15(14(20)11-13)28-19(21,22)23/h1,9-12H,4-8H2,2H3,(H,26,27)/t18-/m0/s1. The molecule has 1 saturated carbocycles. The van der Waals surface area contributed by atoms with Gasteiger partial charge in [0.2, 0.25) is 0 Å². The van der Waals surface area contributed by atoms with E-state index in [-0.39, 0.29) is 11.6 Å². The fourth-order valence-corrected chi connectivity index (χ4v) is 3.83. The van der Waals surface area contributed by atoms with E-state index in [1.807, 2.05) is 5.92 Å². The lowest BCUT2D eigenvalue weighted by atomic mass is 9.74. The molecule has 1 N–H and O–H groups in total. The number of alkyl halides is 3. The molecular weight excluding hydrogens is 399 g/mol. The SMILES string of the molecule is C#CC(=O)N(c1ccc(OC(F)(F)F)c(Cl)c1)[C@](C)(C(=O)O)C1CCCCC1. The average molecular weight is 418 g/mol. The first-order valence-electron chi connectivity index (χ1n) is 8.60. The van der Waals surface area contributed by atoms with E-state index in [0.29, 0.717) is 12.8 Å². The summed E-state index contributed by atoms with van der Waals surface area (Å²) in [5, 5.41) is 9.54. The molecule has 0 heterocycles. The summed E-state index contributed by atoms with van der Waals surface area (Å²) in [7, 11) is 0. The molecule has 1 amide bonds. The quantitative estimate of drug-likeness (QED) is 0.709. The van der Waals surface area contributed by atoms with E-state index in [1.54, 1.807) is 0 Å². The van der Waals surface area contributed by atoms with Crippen molar-refractivity contribution >= 4 is 29.2 Å². The zero-order valence-electron chi connectivity index (χ0n) is 15.1. The summed E-state index contributed by atoms with van der Waals surface area (Å²) in [5.74, 6) is -1.31. The van der Waals surface area contributed by atoms with Crippen molar-refractivity contribution in [2.24, 2.45) is 5.92 Å². The van der Waals surface area contributed by atoms with Crippen LogP contribution in [0.4, 0.5) is 18.9 Å². The number of hydrogen-bond donors (Lipinski definition) is 1. The number of aliphatic carboxylic acids is 1. The molecule has 1 fully saturated rings. The monoisotopic (exact) mass is 417 g/mol. The van der Waals surface area contributed by atoms with E-state index in [1.165, 1.54) is 6.92 Å². The number of nitrogens with zero attached hydrogens (tertiary/aromatic N) is 1. The number of rotatable bonds is 5. The molecule has 28 heavy (non-hydrogen) atoms. The number of carboxylic acids is 1. The molecule has 1 aliphatic carbocycles. The number of carbonyl (C=O) groups is 2. The third-order valence-electron chi connectivity index (χ3n) is 5.02. The van der Waals surface area contributed by atoms with Crippen LogP contribution in [0.5, 0.6) is 5.75 Å². The van der Waals surface area contributed by atoms with Crippen molar-refractivity contribution in [3.8, 4) is 18.1 Å². The zero-order chi connectivity index (χ0) is 21.1. The van der Waals surface area contributed by atoms with Crippen LogP contribution in [-0.4, -0.2) is 28.9 Å². The van der Waals surface area contributed by atoms with Crippen molar-refractivity contribution in [2.45, 2.75) is 50.9 Å². The molecular formula is C19H19ClF3NO4. The fraction of sp³-hybridized carbons (Fsp3) is 0.474. The molecule has 1 aromatic carbocycles. The minimum Gasteiger partial charge on any atom is -0.479 e. The second-order valence-corrected chi connectivity index (χ2v) is 7.14. The van der Waals surface area contributed by atoms with Crippen LogP contribution in [-0.2, 0) is 9.59 Å². The maximum atomic E-state index is 12.5. The molecule has 2 rings (SSSR count). The van der Waals surface area contributed by atoms with Gasteiger partial charge in [0.25, 0.3) is 0 Å². The molecule has 0 unspecified atom stereocenters. The highest BCUT2D eigenvalue weighted by Gasteiger charge is 2.49. The molecule has 1 atom stereocenters. The molecule has 1 aliphatic rings. The average Bonchev–Trinajstić information content (AvgIpc) is 2.63. The van der Waals surface area contributed by atoms with Gasteiger partial charge in [-0.3, -0.25) is 9.69 Å².